The van der Waals surface area contributed by atoms with Crippen molar-refractivity contribution in [2.75, 3.05) is 19.1 Å². The van der Waals surface area contributed by atoms with E-state index in [0.717, 1.165) is 20.3 Å². The molecule has 0 aliphatic carbocycles. The van der Waals surface area contributed by atoms with Crippen molar-refractivity contribution in [1.82, 2.24) is 0 Å². The van der Waals surface area contributed by atoms with Gasteiger partial charge in [0.2, 0.25) is 0 Å². The van der Waals surface area contributed by atoms with Gasteiger partial charge in [0.05, 0.1) is 25.5 Å². The van der Waals surface area contributed by atoms with Gasteiger partial charge in [-0.25, -0.2) is 14.4 Å². The minimum atomic E-state index is -1.17. The van der Waals surface area contributed by atoms with Crippen molar-refractivity contribution in [2.45, 2.75) is 0 Å². The SMILES string of the molecule is COC(=O)N(C(=O)OC)c1cccc(C(=O)O)c1. The van der Waals surface area contributed by atoms with Crippen molar-refractivity contribution in [3.63, 3.8) is 0 Å². The fourth-order valence-electron chi connectivity index (χ4n) is 1.25. The van der Waals surface area contributed by atoms with E-state index in [1.54, 1.807) is 0 Å². The van der Waals surface area contributed by atoms with Crippen molar-refractivity contribution in [3.05, 3.63) is 29.8 Å². The molecule has 96 valence electrons. The number of amides is 2. The van der Waals surface area contributed by atoms with Crippen LogP contribution < -0.4 is 4.90 Å². The summed E-state index contributed by atoms with van der Waals surface area (Å²) in [6, 6.07) is 5.28. The lowest BCUT2D eigenvalue weighted by atomic mass is 10.2. The Labute approximate surface area is 103 Å². The molecular formula is C11H11NO6. The van der Waals surface area contributed by atoms with Crippen molar-refractivity contribution in [1.29, 1.82) is 0 Å². The molecule has 0 bridgehead atoms. The van der Waals surface area contributed by atoms with Crippen LogP contribution in [0.5, 0.6) is 0 Å². The number of hydrogen-bond acceptors (Lipinski definition) is 5. The van der Waals surface area contributed by atoms with Crippen LogP contribution in [0.1, 0.15) is 10.4 Å². The molecule has 0 aliphatic rings. The summed E-state index contributed by atoms with van der Waals surface area (Å²) in [6.07, 6.45) is -1.94. The van der Waals surface area contributed by atoms with Crippen LogP contribution in [0.15, 0.2) is 24.3 Å². The van der Waals surface area contributed by atoms with Gasteiger partial charge in [-0.05, 0) is 18.2 Å². The second-order valence-electron chi connectivity index (χ2n) is 3.13. The Bertz CT molecular complexity index is 468. The fourth-order valence-corrected chi connectivity index (χ4v) is 1.25. The summed E-state index contributed by atoms with van der Waals surface area (Å²) < 4.78 is 8.86. The Kier molecular flexibility index (Phi) is 4.25. The second-order valence-corrected chi connectivity index (χ2v) is 3.13. The first kappa shape index (κ1) is 13.5. The zero-order valence-electron chi connectivity index (χ0n) is 9.75. The van der Waals surface area contributed by atoms with Crippen LogP contribution in [-0.2, 0) is 9.47 Å². The molecule has 0 atom stereocenters. The summed E-state index contributed by atoms with van der Waals surface area (Å²) in [5.41, 5.74) is -0.0149. The summed E-state index contributed by atoms with van der Waals surface area (Å²) in [7, 11) is 2.19. The Morgan fingerprint density at radius 2 is 1.67 bits per heavy atom. The van der Waals surface area contributed by atoms with Crippen LogP contribution in [0.25, 0.3) is 0 Å². The van der Waals surface area contributed by atoms with E-state index < -0.39 is 18.2 Å². The number of nitrogens with zero attached hydrogens (tertiary/aromatic N) is 1. The maximum Gasteiger partial charge on any atom is 0.423 e. The highest BCUT2D eigenvalue weighted by Crippen LogP contribution is 2.18. The van der Waals surface area contributed by atoms with Crippen molar-refractivity contribution in [3.8, 4) is 0 Å². The van der Waals surface area contributed by atoms with E-state index >= 15 is 0 Å². The highest BCUT2D eigenvalue weighted by atomic mass is 16.6. The van der Waals surface area contributed by atoms with E-state index in [4.69, 9.17) is 5.11 Å². The molecule has 0 spiro atoms. The molecule has 7 nitrogen and oxygen atoms in total. The molecule has 0 aliphatic heterocycles. The number of anilines is 1. The molecule has 18 heavy (non-hydrogen) atoms. The number of carbonyl (C=O) groups is 3. The normalized spacial score (nSPS) is 9.44. The molecular weight excluding hydrogens is 242 g/mol. The molecule has 1 aromatic rings. The van der Waals surface area contributed by atoms with Gasteiger partial charge in [0.15, 0.2) is 0 Å². The van der Waals surface area contributed by atoms with Gasteiger partial charge in [0.1, 0.15) is 0 Å². The van der Waals surface area contributed by atoms with Crippen LogP contribution in [0.4, 0.5) is 15.3 Å². The first-order chi connectivity index (χ1) is 8.51. The third-order valence-corrected chi connectivity index (χ3v) is 2.07. The quantitative estimate of drug-likeness (QED) is 0.862. The smallest absolute Gasteiger partial charge is 0.423 e. The number of rotatable bonds is 2. The predicted octanol–water partition coefficient (Wildman–Crippen LogP) is 1.72. The van der Waals surface area contributed by atoms with Gasteiger partial charge in [-0.3, -0.25) is 0 Å². The van der Waals surface area contributed by atoms with Crippen LogP contribution in [-0.4, -0.2) is 37.5 Å². The first-order valence-electron chi connectivity index (χ1n) is 4.80. The van der Waals surface area contributed by atoms with Crippen molar-refractivity contribution >= 4 is 23.8 Å². The molecule has 0 saturated heterocycles. The number of carboxylic acid groups (broad SMARTS) is 1. The Morgan fingerprint density at radius 3 is 2.11 bits per heavy atom. The van der Waals surface area contributed by atoms with Gasteiger partial charge in [0, 0.05) is 0 Å². The first-order valence-corrected chi connectivity index (χ1v) is 4.80. The number of imide groups is 1. The average molecular weight is 253 g/mol. The third-order valence-electron chi connectivity index (χ3n) is 2.07. The summed E-state index contributed by atoms with van der Waals surface area (Å²) >= 11 is 0. The highest BCUT2D eigenvalue weighted by molar-refractivity contribution is 6.09. The topological polar surface area (TPSA) is 93.1 Å². The van der Waals surface area contributed by atoms with Gasteiger partial charge in [-0.1, -0.05) is 6.07 Å². The summed E-state index contributed by atoms with van der Waals surface area (Å²) in [5, 5.41) is 8.83. The van der Waals surface area contributed by atoms with E-state index in [2.05, 4.69) is 9.47 Å². The van der Waals surface area contributed by atoms with Crippen molar-refractivity contribution < 1.29 is 29.0 Å². The molecule has 1 aromatic carbocycles. The number of methoxy groups -OCH3 is 2. The third kappa shape index (κ3) is 2.76. The second kappa shape index (κ2) is 5.67. The summed E-state index contributed by atoms with van der Waals surface area (Å²) in [4.78, 5) is 34.3. The monoisotopic (exact) mass is 253 g/mol. The molecule has 1 rings (SSSR count). The minimum absolute atomic E-state index is 0.0496. The number of aromatic carboxylic acids is 1. The Hall–Kier alpha value is -2.57. The Balaban J connectivity index is 3.20. The molecule has 2 amide bonds. The van der Waals surface area contributed by atoms with Crippen molar-refractivity contribution in [2.24, 2.45) is 0 Å². The van der Waals surface area contributed by atoms with E-state index in [-0.39, 0.29) is 11.3 Å². The molecule has 0 aromatic heterocycles. The number of hydrogen-bond donors (Lipinski definition) is 1. The Morgan fingerprint density at radius 1 is 1.11 bits per heavy atom. The largest absolute Gasteiger partial charge is 0.478 e. The van der Waals surface area contributed by atoms with Gasteiger partial charge in [0.25, 0.3) is 0 Å². The molecule has 0 fully saturated rings. The minimum Gasteiger partial charge on any atom is -0.478 e. The number of benzene rings is 1. The van der Waals surface area contributed by atoms with Crippen LogP contribution >= 0.6 is 0 Å². The van der Waals surface area contributed by atoms with E-state index in [1.807, 2.05) is 0 Å². The lowest BCUT2D eigenvalue weighted by Gasteiger charge is -2.17. The summed E-state index contributed by atoms with van der Waals surface area (Å²) in [6.45, 7) is 0. The maximum absolute atomic E-state index is 11.4. The van der Waals surface area contributed by atoms with Gasteiger partial charge < -0.3 is 14.6 Å². The van der Waals surface area contributed by atoms with Crippen LogP contribution in [0, 0.1) is 0 Å². The summed E-state index contributed by atoms with van der Waals surface area (Å²) in [5.74, 6) is -1.17. The number of carboxylic acids is 1. The highest BCUT2D eigenvalue weighted by Gasteiger charge is 2.25. The van der Waals surface area contributed by atoms with Crippen LogP contribution in [0.3, 0.4) is 0 Å². The van der Waals surface area contributed by atoms with E-state index in [1.165, 1.54) is 18.2 Å². The lowest BCUT2D eigenvalue weighted by molar-refractivity contribution is 0.0696. The van der Waals surface area contributed by atoms with E-state index in [9.17, 15) is 14.4 Å². The number of ether oxygens (including phenoxy) is 2. The zero-order valence-corrected chi connectivity index (χ0v) is 9.75. The number of carbonyl (C=O) groups excluding carboxylic acids is 2. The van der Waals surface area contributed by atoms with Gasteiger partial charge in [-0.2, -0.15) is 4.90 Å². The van der Waals surface area contributed by atoms with Gasteiger partial charge >= 0.3 is 18.2 Å². The average Bonchev–Trinajstić information content (AvgIpc) is 2.38. The van der Waals surface area contributed by atoms with Crippen LogP contribution in [0.2, 0.25) is 0 Å². The lowest BCUT2D eigenvalue weighted by Crippen LogP contribution is -2.36. The fraction of sp³-hybridized carbons (Fsp3) is 0.182. The molecule has 0 saturated carbocycles. The van der Waals surface area contributed by atoms with E-state index in [0.29, 0.717) is 4.90 Å². The molecule has 0 radical (unpaired) electrons. The molecule has 7 heteroatoms. The molecule has 0 unspecified atom stereocenters. The molecule has 1 N–H and O–H groups in total. The maximum atomic E-state index is 11.4. The standard InChI is InChI=1S/C11H11NO6/c1-17-10(15)12(11(16)18-2)8-5-3-4-7(6-8)9(13)14/h3-6H,1-2H3,(H,13,14). The zero-order chi connectivity index (χ0) is 13.7. The predicted molar refractivity (Wildman–Crippen MR) is 60.7 cm³/mol. The molecule has 0 heterocycles. The van der Waals surface area contributed by atoms with Gasteiger partial charge in [-0.15, -0.1) is 0 Å².